The number of anilines is 1. The normalized spacial score (nSPS) is 11.0. The monoisotopic (exact) mass is 458 g/mol. The fourth-order valence-electron chi connectivity index (χ4n) is 3.04. The molecule has 32 heavy (non-hydrogen) atoms. The predicted octanol–water partition coefficient (Wildman–Crippen LogP) is 3.35. The first-order valence-electron chi connectivity index (χ1n) is 9.66. The number of ether oxygens (including phenoxy) is 2. The quantitative estimate of drug-likeness (QED) is 0.532. The summed E-state index contributed by atoms with van der Waals surface area (Å²) >= 11 is 0. The van der Waals surface area contributed by atoms with Crippen LogP contribution in [0.5, 0.6) is 11.5 Å². The Hall–Kier alpha value is -3.59. The Bertz CT molecular complexity index is 1180. The predicted molar refractivity (Wildman–Crippen MR) is 119 cm³/mol. The summed E-state index contributed by atoms with van der Waals surface area (Å²) in [6.07, 6.45) is 0. The first kappa shape index (κ1) is 23.1. The Morgan fingerprint density at radius 1 is 0.969 bits per heavy atom. The van der Waals surface area contributed by atoms with Crippen molar-refractivity contribution in [2.75, 3.05) is 25.1 Å². The Morgan fingerprint density at radius 3 is 2.34 bits per heavy atom. The molecule has 0 radical (unpaired) electrons. The Labute approximate surface area is 186 Å². The molecule has 0 aliphatic heterocycles. The zero-order valence-electron chi connectivity index (χ0n) is 17.6. The third kappa shape index (κ3) is 5.36. The van der Waals surface area contributed by atoms with E-state index in [0.29, 0.717) is 17.1 Å². The molecule has 1 amide bonds. The van der Waals surface area contributed by atoms with Gasteiger partial charge in [0, 0.05) is 6.54 Å². The van der Waals surface area contributed by atoms with Gasteiger partial charge in [-0.2, -0.15) is 0 Å². The molecule has 0 aromatic heterocycles. The lowest BCUT2D eigenvalue weighted by Crippen LogP contribution is -2.40. The Kier molecular flexibility index (Phi) is 7.32. The summed E-state index contributed by atoms with van der Waals surface area (Å²) in [7, 11) is -1.22. The minimum atomic E-state index is -4.12. The lowest BCUT2D eigenvalue weighted by molar-refractivity contribution is -0.119. The summed E-state index contributed by atoms with van der Waals surface area (Å²) in [6, 6.07) is 18.2. The van der Waals surface area contributed by atoms with Crippen LogP contribution in [0.25, 0.3) is 0 Å². The van der Waals surface area contributed by atoms with Crippen molar-refractivity contribution in [3.8, 4) is 11.5 Å². The highest BCUT2D eigenvalue weighted by Crippen LogP contribution is 2.32. The number of carbonyl (C=O) groups excluding carboxylic acids is 1. The smallest absolute Gasteiger partial charge is 0.264 e. The number of benzene rings is 3. The molecule has 0 heterocycles. The number of amides is 1. The fraction of sp³-hybridized carbons (Fsp3) is 0.174. The molecular formula is C23H23FN2O5S. The Balaban J connectivity index is 1.90. The van der Waals surface area contributed by atoms with E-state index in [1.165, 1.54) is 56.7 Å². The highest BCUT2D eigenvalue weighted by atomic mass is 32.2. The van der Waals surface area contributed by atoms with E-state index in [4.69, 9.17) is 9.47 Å². The van der Waals surface area contributed by atoms with E-state index in [0.717, 1.165) is 4.31 Å². The number of hydrogen-bond donors (Lipinski definition) is 1. The van der Waals surface area contributed by atoms with Gasteiger partial charge in [0.1, 0.15) is 23.9 Å². The van der Waals surface area contributed by atoms with Crippen molar-refractivity contribution in [2.45, 2.75) is 11.4 Å². The summed E-state index contributed by atoms with van der Waals surface area (Å²) in [5, 5.41) is 2.63. The lowest BCUT2D eigenvalue weighted by atomic mass is 10.2. The minimum Gasteiger partial charge on any atom is -0.497 e. The molecule has 1 N–H and O–H groups in total. The van der Waals surface area contributed by atoms with E-state index in [-0.39, 0.29) is 17.1 Å². The van der Waals surface area contributed by atoms with Gasteiger partial charge in [-0.15, -0.1) is 0 Å². The van der Waals surface area contributed by atoms with E-state index in [1.54, 1.807) is 30.3 Å². The van der Waals surface area contributed by atoms with Gasteiger partial charge in [-0.25, -0.2) is 12.8 Å². The molecular weight excluding hydrogens is 435 g/mol. The van der Waals surface area contributed by atoms with Crippen molar-refractivity contribution in [2.24, 2.45) is 0 Å². The number of nitrogens with one attached hydrogen (secondary N) is 1. The van der Waals surface area contributed by atoms with E-state index in [9.17, 15) is 17.6 Å². The molecule has 0 saturated heterocycles. The van der Waals surface area contributed by atoms with Crippen molar-refractivity contribution in [3.63, 3.8) is 0 Å². The number of methoxy groups -OCH3 is 2. The summed E-state index contributed by atoms with van der Waals surface area (Å²) in [4.78, 5) is 12.7. The number of rotatable bonds is 9. The SMILES string of the molecule is COc1ccc(S(=O)(=O)N(CC(=O)NCc2cccc(F)c2)c2ccccc2OC)cc1. The molecule has 0 saturated carbocycles. The second kappa shape index (κ2) is 10.1. The van der Waals surface area contributed by atoms with Crippen LogP contribution in [0.1, 0.15) is 5.56 Å². The van der Waals surface area contributed by atoms with Crippen LogP contribution in [-0.4, -0.2) is 35.1 Å². The maximum atomic E-state index is 13.5. The zero-order valence-corrected chi connectivity index (χ0v) is 18.4. The zero-order chi connectivity index (χ0) is 23.1. The number of nitrogens with zero attached hydrogens (tertiary/aromatic N) is 1. The topological polar surface area (TPSA) is 84.9 Å². The van der Waals surface area contributed by atoms with E-state index in [1.807, 2.05) is 0 Å². The van der Waals surface area contributed by atoms with Crippen LogP contribution < -0.4 is 19.1 Å². The number of hydrogen-bond acceptors (Lipinski definition) is 5. The molecule has 3 aromatic rings. The van der Waals surface area contributed by atoms with E-state index < -0.39 is 28.3 Å². The fourth-order valence-corrected chi connectivity index (χ4v) is 4.48. The average Bonchev–Trinajstić information content (AvgIpc) is 2.81. The largest absolute Gasteiger partial charge is 0.497 e. The second-order valence-electron chi connectivity index (χ2n) is 6.77. The van der Waals surface area contributed by atoms with Gasteiger partial charge >= 0.3 is 0 Å². The highest BCUT2D eigenvalue weighted by molar-refractivity contribution is 7.92. The summed E-state index contributed by atoms with van der Waals surface area (Å²) < 4.78 is 51.7. The van der Waals surface area contributed by atoms with Gasteiger partial charge < -0.3 is 14.8 Å². The van der Waals surface area contributed by atoms with Crippen LogP contribution in [0.4, 0.5) is 10.1 Å². The highest BCUT2D eigenvalue weighted by Gasteiger charge is 2.29. The number of para-hydroxylation sites is 2. The Morgan fingerprint density at radius 2 is 1.69 bits per heavy atom. The first-order valence-corrected chi connectivity index (χ1v) is 11.1. The maximum Gasteiger partial charge on any atom is 0.264 e. The molecule has 9 heteroatoms. The molecule has 0 atom stereocenters. The molecule has 168 valence electrons. The standard InChI is InChI=1S/C23H23FN2O5S/c1-30-19-10-12-20(13-11-19)32(28,29)26(21-8-3-4-9-22(21)31-2)16-23(27)25-15-17-6-5-7-18(24)14-17/h3-14H,15-16H2,1-2H3,(H,25,27). The van der Waals surface area contributed by atoms with Gasteiger partial charge in [-0.1, -0.05) is 24.3 Å². The van der Waals surface area contributed by atoms with E-state index in [2.05, 4.69) is 5.32 Å². The van der Waals surface area contributed by atoms with Crippen LogP contribution >= 0.6 is 0 Å². The van der Waals surface area contributed by atoms with Crippen molar-refractivity contribution in [1.82, 2.24) is 5.32 Å². The molecule has 7 nitrogen and oxygen atoms in total. The van der Waals surface area contributed by atoms with Crippen LogP contribution in [-0.2, 0) is 21.4 Å². The molecule has 0 bridgehead atoms. The maximum absolute atomic E-state index is 13.5. The van der Waals surface area contributed by atoms with Gasteiger partial charge in [0.2, 0.25) is 5.91 Å². The van der Waals surface area contributed by atoms with Crippen molar-refractivity contribution >= 4 is 21.6 Å². The summed E-state index contributed by atoms with van der Waals surface area (Å²) in [5.41, 5.74) is 0.770. The molecule has 0 aliphatic carbocycles. The van der Waals surface area contributed by atoms with Gasteiger partial charge in [0.25, 0.3) is 10.0 Å². The molecule has 0 aliphatic rings. The van der Waals surface area contributed by atoms with Gasteiger partial charge in [-0.3, -0.25) is 9.10 Å². The van der Waals surface area contributed by atoms with Crippen molar-refractivity contribution in [3.05, 3.63) is 84.2 Å². The molecule has 0 unspecified atom stereocenters. The number of halogens is 1. The average molecular weight is 459 g/mol. The first-order chi connectivity index (χ1) is 15.3. The van der Waals surface area contributed by atoms with Gasteiger partial charge in [0.05, 0.1) is 24.8 Å². The van der Waals surface area contributed by atoms with Gasteiger partial charge in [-0.05, 0) is 54.1 Å². The number of carbonyl (C=O) groups is 1. The molecule has 0 spiro atoms. The lowest BCUT2D eigenvalue weighted by Gasteiger charge is -2.25. The number of sulfonamides is 1. The minimum absolute atomic E-state index is 0.0119. The third-order valence-corrected chi connectivity index (χ3v) is 6.44. The molecule has 0 fully saturated rings. The molecule has 3 rings (SSSR count). The van der Waals surface area contributed by atoms with Crippen LogP contribution in [0.2, 0.25) is 0 Å². The van der Waals surface area contributed by atoms with Crippen LogP contribution in [0.3, 0.4) is 0 Å². The summed E-state index contributed by atoms with van der Waals surface area (Å²) in [5.74, 6) is -0.185. The third-order valence-electron chi connectivity index (χ3n) is 4.67. The van der Waals surface area contributed by atoms with E-state index >= 15 is 0 Å². The van der Waals surface area contributed by atoms with Crippen LogP contribution in [0, 0.1) is 5.82 Å². The van der Waals surface area contributed by atoms with Crippen molar-refractivity contribution < 1.29 is 27.1 Å². The second-order valence-corrected chi connectivity index (χ2v) is 8.63. The van der Waals surface area contributed by atoms with Gasteiger partial charge in [0.15, 0.2) is 0 Å². The summed E-state index contributed by atoms with van der Waals surface area (Å²) in [6.45, 7) is -0.441. The van der Waals surface area contributed by atoms with Crippen LogP contribution in [0.15, 0.2) is 77.7 Å². The van der Waals surface area contributed by atoms with Crippen molar-refractivity contribution in [1.29, 1.82) is 0 Å². The molecule has 3 aromatic carbocycles.